The number of hydrogen-bond acceptors (Lipinski definition) is 3. The zero-order valence-electron chi connectivity index (χ0n) is 11.2. The molecule has 3 nitrogen and oxygen atoms in total. The van der Waals surface area contributed by atoms with Crippen LogP contribution in [0, 0.1) is 0 Å². The van der Waals surface area contributed by atoms with E-state index in [0.29, 0.717) is 0 Å². The fourth-order valence-electron chi connectivity index (χ4n) is 1.97. The maximum atomic E-state index is 4.70. The Labute approximate surface area is 110 Å². The van der Waals surface area contributed by atoms with Gasteiger partial charge in [-0.1, -0.05) is 19.1 Å². The largest absolute Gasteiger partial charge is 0.308 e. The van der Waals surface area contributed by atoms with Crippen LogP contribution in [0.15, 0.2) is 30.9 Å². The van der Waals surface area contributed by atoms with Crippen molar-refractivity contribution in [2.75, 3.05) is 13.1 Å². The van der Waals surface area contributed by atoms with E-state index in [4.69, 9.17) is 4.98 Å². The first-order valence-corrected chi connectivity index (χ1v) is 6.83. The van der Waals surface area contributed by atoms with Crippen molar-refractivity contribution in [2.45, 2.75) is 38.9 Å². The van der Waals surface area contributed by atoms with E-state index in [-0.39, 0.29) is 0 Å². The summed E-state index contributed by atoms with van der Waals surface area (Å²) in [4.78, 5) is 7.03. The first kappa shape index (κ1) is 13.2. The summed E-state index contributed by atoms with van der Waals surface area (Å²) >= 11 is 0. The quantitative estimate of drug-likeness (QED) is 0.713. The predicted molar refractivity (Wildman–Crippen MR) is 75.2 cm³/mol. The summed E-state index contributed by atoms with van der Waals surface area (Å²) in [5.74, 6) is 0. The maximum Gasteiger partial charge on any atom is 0.0547 e. The van der Waals surface area contributed by atoms with Crippen LogP contribution in [-0.2, 0) is 13.1 Å². The average molecular weight is 245 g/mol. The molecule has 0 amide bonds. The lowest BCUT2D eigenvalue weighted by Gasteiger charge is -2.18. The second-order valence-corrected chi connectivity index (χ2v) is 4.89. The Balaban J connectivity index is 1.90. The molecule has 0 spiro atoms. The summed E-state index contributed by atoms with van der Waals surface area (Å²) in [6.07, 6.45) is 4.59. The molecule has 1 saturated carbocycles. The van der Waals surface area contributed by atoms with Crippen LogP contribution >= 0.6 is 0 Å². The van der Waals surface area contributed by atoms with E-state index in [0.717, 1.165) is 43.6 Å². The van der Waals surface area contributed by atoms with Gasteiger partial charge in [0, 0.05) is 25.7 Å². The van der Waals surface area contributed by atoms with Gasteiger partial charge in [0.25, 0.3) is 0 Å². The highest BCUT2D eigenvalue weighted by atomic mass is 15.1. The van der Waals surface area contributed by atoms with Crippen molar-refractivity contribution in [3.63, 3.8) is 0 Å². The van der Waals surface area contributed by atoms with Gasteiger partial charge in [0.15, 0.2) is 0 Å². The molecule has 98 valence electrons. The maximum absolute atomic E-state index is 4.70. The second kappa shape index (κ2) is 6.66. The average Bonchev–Trinajstić information content (AvgIpc) is 3.20. The van der Waals surface area contributed by atoms with Crippen LogP contribution in [0.4, 0.5) is 0 Å². The topological polar surface area (TPSA) is 28.2 Å². The van der Waals surface area contributed by atoms with Gasteiger partial charge < -0.3 is 5.32 Å². The summed E-state index contributed by atoms with van der Waals surface area (Å²) in [5, 5.41) is 3.50. The van der Waals surface area contributed by atoms with Crippen molar-refractivity contribution in [1.29, 1.82) is 0 Å². The molecule has 1 aromatic heterocycles. The van der Waals surface area contributed by atoms with Crippen molar-refractivity contribution >= 4 is 0 Å². The van der Waals surface area contributed by atoms with Gasteiger partial charge in [-0.15, -0.1) is 6.58 Å². The van der Waals surface area contributed by atoms with E-state index in [1.54, 1.807) is 0 Å². The lowest BCUT2D eigenvalue weighted by Crippen LogP contribution is -2.24. The molecule has 2 rings (SSSR count). The van der Waals surface area contributed by atoms with Gasteiger partial charge in [-0.2, -0.15) is 0 Å². The molecule has 1 aliphatic rings. The number of hydrogen-bond donors (Lipinski definition) is 1. The first-order valence-electron chi connectivity index (χ1n) is 6.83. The molecule has 18 heavy (non-hydrogen) atoms. The molecule has 0 aromatic carbocycles. The predicted octanol–water partition coefficient (Wildman–Crippen LogP) is 2.34. The summed E-state index contributed by atoms with van der Waals surface area (Å²) in [6.45, 7) is 9.70. The minimum atomic E-state index is 0.739. The molecule has 0 radical (unpaired) electrons. The zero-order valence-corrected chi connectivity index (χ0v) is 11.2. The van der Waals surface area contributed by atoms with Gasteiger partial charge in [-0.3, -0.25) is 9.88 Å². The molecule has 0 unspecified atom stereocenters. The number of likely N-dealkylation sites (N-methyl/N-ethyl adjacent to an activating group) is 1. The van der Waals surface area contributed by atoms with Crippen molar-refractivity contribution in [3.05, 3.63) is 42.2 Å². The van der Waals surface area contributed by atoms with Crippen LogP contribution in [-0.4, -0.2) is 29.0 Å². The standard InChI is InChI=1S/C15H23N3/c1-3-10-18(4-2)12-15-7-5-6-14(17-15)11-16-13-8-9-13/h3,5-7,13,16H,1,4,8-12H2,2H3. The smallest absolute Gasteiger partial charge is 0.0547 e. The number of nitrogens with one attached hydrogen (secondary N) is 1. The van der Waals surface area contributed by atoms with Gasteiger partial charge >= 0.3 is 0 Å². The van der Waals surface area contributed by atoms with Crippen molar-refractivity contribution in [1.82, 2.24) is 15.2 Å². The van der Waals surface area contributed by atoms with Crippen LogP contribution < -0.4 is 5.32 Å². The Morgan fingerprint density at radius 1 is 1.44 bits per heavy atom. The van der Waals surface area contributed by atoms with Crippen LogP contribution in [0.2, 0.25) is 0 Å². The van der Waals surface area contributed by atoms with E-state index in [2.05, 4.69) is 41.9 Å². The van der Waals surface area contributed by atoms with Crippen molar-refractivity contribution < 1.29 is 0 Å². The summed E-state index contributed by atoms with van der Waals surface area (Å²) in [7, 11) is 0. The fourth-order valence-corrected chi connectivity index (χ4v) is 1.97. The molecule has 0 atom stereocenters. The van der Waals surface area contributed by atoms with Crippen molar-refractivity contribution in [2.24, 2.45) is 0 Å². The minimum Gasteiger partial charge on any atom is -0.308 e. The van der Waals surface area contributed by atoms with Gasteiger partial charge in [0.2, 0.25) is 0 Å². The van der Waals surface area contributed by atoms with Crippen LogP contribution in [0.1, 0.15) is 31.2 Å². The van der Waals surface area contributed by atoms with Gasteiger partial charge in [-0.05, 0) is 31.5 Å². The molecule has 1 aromatic rings. The van der Waals surface area contributed by atoms with Gasteiger partial charge in [0.1, 0.15) is 0 Å². The highest BCUT2D eigenvalue weighted by Gasteiger charge is 2.20. The monoisotopic (exact) mass is 245 g/mol. The third kappa shape index (κ3) is 4.24. The Morgan fingerprint density at radius 2 is 2.22 bits per heavy atom. The van der Waals surface area contributed by atoms with Crippen LogP contribution in [0.3, 0.4) is 0 Å². The summed E-state index contributed by atoms with van der Waals surface area (Å²) in [6, 6.07) is 7.05. The third-order valence-electron chi connectivity index (χ3n) is 3.23. The van der Waals surface area contributed by atoms with Crippen LogP contribution in [0.5, 0.6) is 0 Å². The molecular weight excluding hydrogens is 222 g/mol. The van der Waals surface area contributed by atoms with Crippen LogP contribution in [0.25, 0.3) is 0 Å². The minimum absolute atomic E-state index is 0.739. The normalized spacial score (nSPS) is 15.0. The third-order valence-corrected chi connectivity index (χ3v) is 3.23. The molecule has 1 aliphatic carbocycles. The summed E-state index contributed by atoms with van der Waals surface area (Å²) < 4.78 is 0. The SMILES string of the molecule is C=CCN(CC)Cc1cccc(CNC2CC2)n1. The Kier molecular flexibility index (Phi) is 4.90. The van der Waals surface area contributed by atoms with E-state index in [1.165, 1.54) is 12.8 Å². The molecule has 1 N–H and O–H groups in total. The Hall–Kier alpha value is -1.19. The van der Waals surface area contributed by atoms with Crippen molar-refractivity contribution in [3.8, 4) is 0 Å². The van der Waals surface area contributed by atoms with E-state index in [1.807, 2.05) is 6.08 Å². The first-order chi connectivity index (χ1) is 8.81. The molecule has 0 saturated heterocycles. The highest BCUT2D eigenvalue weighted by molar-refractivity contribution is 5.11. The molecule has 0 aliphatic heterocycles. The zero-order chi connectivity index (χ0) is 12.8. The van der Waals surface area contributed by atoms with E-state index >= 15 is 0 Å². The number of rotatable bonds is 8. The molecule has 0 bridgehead atoms. The molecule has 1 heterocycles. The Morgan fingerprint density at radius 3 is 2.89 bits per heavy atom. The van der Waals surface area contributed by atoms with E-state index < -0.39 is 0 Å². The lowest BCUT2D eigenvalue weighted by atomic mass is 10.2. The number of aromatic nitrogens is 1. The number of pyridine rings is 1. The lowest BCUT2D eigenvalue weighted by molar-refractivity contribution is 0.307. The Bertz CT molecular complexity index is 385. The highest BCUT2D eigenvalue weighted by Crippen LogP contribution is 2.19. The fraction of sp³-hybridized carbons (Fsp3) is 0.533. The molecule has 3 heteroatoms. The summed E-state index contributed by atoms with van der Waals surface area (Å²) in [5.41, 5.74) is 2.29. The van der Waals surface area contributed by atoms with E-state index in [9.17, 15) is 0 Å². The second-order valence-electron chi connectivity index (χ2n) is 4.89. The molecular formula is C15H23N3. The van der Waals surface area contributed by atoms with Gasteiger partial charge in [-0.25, -0.2) is 0 Å². The number of nitrogens with zero attached hydrogens (tertiary/aromatic N) is 2. The molecule has 1 fully saturated rings. The van der Waals surface area contributed by atoms with Gasteiger partial charge in [0.05, 0.1) is 11.4 Å².